The van der Waals surface area contributed by atoms with Gasteiger partial charge in [0.1, 0.15) is 10.5 Å². The molecule has 34 heavy (non-hydrogen) atoms. The average molecular weight is 478 g/mol. The van der Waals surface area contributed by atoms with Gasteiger partial charge in [-0.3, -0.25) is 4.79 Å². The number of nitrogens with zero attached hydrogens (tertiary/aromatic N) is 4. The van der Waals surface area contributed by atoms with Gasteiger partial charge >= 0.3 is 0 Å². The number of aryl methyl sites for hydroxylation is 1. The van der Waals surface area contributed by atoms with Gasteiger partial charge in [-0.05, 0) is 37.1 Å². The summed E-state index contributed by atoms with van der Waals surface area (Å²) in [6, 6.07) is 13.4. The minimum Gasteiger partial charge on any atom is -0.493 e. The summed E-state index contributed by atoms with van der Waals surface area (Å²) in [5.74, 6) is 1.34. The van der Waals surface area contributed by atoms with Crippen molar-refractivity contribution in [1.82, 2.24) is 20.0 Å². The number of methoxy groups -OCH3 is 2. The summed E-state index contributed by atoms with van der Waals surface area (Å²) >= 11 is 1.33. The first kappa shape index (κ1) is 23.6. The average Bonchev–Trinajstić information content (AvgIpc) is 3.28. The fourth-order valence-corrected chi connectivity index (χ4v) is 4.36. The molecule has 0 aliphatic heterocycles. The molecule has 0 atom stereocenters. The van der Waals surface area contributed by atoms with Gasteiger partial charge in [0.25, 0.3) is 0 Å². The van der Waals surface area contributed by atoms with Crippen molar-refractivity contribution in [3.05, 3.63) is 59.9 Å². The minimum atomic E-state index is -0.165. The Morgan fingerprint density at radius 2 is 1.79 bits per heavy atom. The molecule has 0 saturated carbocycles. The summed E-state index contributed by atoms with van der Waals surface area (Å²) in [6.45, 7) is 6.21. The predicted octanol–water partition coefficient (Wildman–Crippen LogP) is 5.00. The van der Waals surface area contributed by atoms with Crippen LogP contribution in [0.4, 0.5) is 5.69 Å². The summed E-state index contributed by atoms with van der Waals surface area (Å²) in [5, 5.41) is 18.0. The molecule has 0 unspecified atom stereocenters. The van der Waals surface area contributed by atoms with Crippen LogP contribution in [0.15, 0.2) is 53.7 Å². The maximum Gasteiger partial charge on any atom is 0.234 e. The van der Waals surface area contributed by atoms with E-state index < -0.39 is 0 Å². The van der Waals surface area contributed by atoms with Crippen molar-refractivity contribution in [3.63, 3.8) is 0 Å². The molecular weight excluding hydrogens is 450 g/mol. The number of ether oxygens (including phenoxy) is 2. The van der Waals surface area contributed by atoms with Gasteiger partial charge in [-0.25, -0.2) is 4.68 Å². The first-order valence-corrected chi connectivity index (χ1v) is 11.9. The number of aromatic nitrogens is 4. The lowest BCUT2D eigenvalue weighted by Gasteiger charge is -2.12. The standard InChI is InChI=1S/C25H27N5O3S/c1-15(2)23-19-13-26-30(18-9-6-16(3)7-10-18)24(19)25(29-28-23)34-14-22(31)27-17-8-11-20(32-4)21(12-17)33-5/h6-13,15H,14H2,1-5H3,(H,27,31). The maximum atomic E-state index is 12.7. The number of amides is 1. The lowest BCUT2D eigenvalue weighted by Crippen LogP contribution is -2.14. The van der Waals surface area contributed by atoms with Gasteiger partial charge in [-0.1, -0.05) is 43.3 Å². The van der Waals surface area contributed by atoms with E-state index in [1.807, 2.05) is 42.1 Å². The number of carbonyl (C=O) groups is 1. The minimum absolute atomic E-state index is 0.165. The molecule has 2 aromatic heterocycles. The molecule has 0 bridgehead atoms. The molecule has 9 heteroatoms. The number of anilines is 1. The van der Waals surface area contributed by atoms with Gasteiger partial charge in [0.05, 0.1) is 37.6 Å². The Kier molecular flexibility index (Phi) is 7.02. The van der Waals surface area contributed by atoms with Gasteiger partial charge < -0.3 is 14.8 Å². The molecule has 2 aromatic carbocycles. The van der Waals surface area contributed by atoms with Crippen molar-refractivity contribution < 1.29 is 14.3 Å². The van der Waals surface area contributed by atoms with E-state index in [0.29, 0.717) is 22.2 Å². The number of fused-ring (bicyclic) bond motifs is 1. The van der Waals surface area contributed by atoms with Crippen molar-refractivity contribution in [1.29, 1.82) is 0 Å². The van der Waals surface area contributed by atoms with Crippen molar-refractivity contribution in [2.75, 3.05) is 25.3 Å². The molecule has 0 saturated heterocycles. The van der Waals surface area contributed by atoms with Crippen LogP contribution in [0.2, 0.25) is 0 Å². The maximum absolute atomic E-state index is 12.7. The Balaban J connectivity index is 1.60. The SMILES string of the molecule is COc1ccc(NC(=O)CSc2nnc(C(C)C)c3cnn(-c4ccc(C)cc4)c23)cc1OC. The van der Waals surface area contributed by atoms with E-state index in [0.717, 1.165) is 22.3 Å². The van der Waals surface area contributed by atoms with Gasteiger partial charge in [-0.15, -0.1) is 5.10 Å². The molecule has 0 radical (unpaired) electrons. The van der Waals surface area contributed by atoms with Gasteiger partial charge in [0, 0.05) is 17.1 Å². The zero-order chi connectivity index (χ0) is 24.2. The van der Waals surface area contributed by atoms with E-state index in [1.165, 1.54) is 17.3 Å². The fraction of sp³-hybridized carbons (Fsp3) is 0.280. The summed E-state index contributed by atoms with van der Waals surface area (Å²) in [5.41, 5.74) is 4.46. The van der Waals surface area contributed by atoms with Gasteiger partial charge in [0.15, 0.2) is 11.5 Å². The van der Waals surface area contributed by atoms with Crippen molar-refractivity contribution >= 4 is 34.3 Å². The highest BCUT2D eigenvalue weighted by Gasteiger charge is 2.19. The molecular formula is C25H27N5O3S. The van der Waals surface area contributed by atoms with Crippen LogP contribution in [0.25, 0.3) is 16.6 Å². The van der Waals surface area contributed by atoms with Crippen LogP contribution in [-0.2, 0) is 4.79 Å². The van der Waals surface area contributed by atoms with Crippen molar-refractivity contribution in [2.45, 2.75) is 31.7 Å². The van der Waals surface area contributed by atoms with Gasteiger partial charge in [-0.2, -0.15) is 10.2 Å². The van der Waals surface area contributed by atoms with Crippen molar-refractivity contribution in [3.8, 4) is 17.2 Å². The zero-order valence-electron chi connectivity index (χ0n) is 19.8. The molecule has 1 amide bonds. The predicted molar refractivity (Wildman–Crippen MR) is 134 cm³/mol. The first-order valence-electron chi connectivity index (χ1n) is 10.9. The Labute approximate surface area is 202 Å². The monoisotopic (exact) mass is 477 g/mol. The van der Waals surface area contributed by atoms with Crippen LogP contribution in [0.5, 0.6) is 11.5 Å². The molecule has 0 aliphatic rings. The molecule has 0 aliphatic carbocycles. The highest BCUT2D eigenvalue weighted by Crippen LogP contribution is 2.32. The van der Waals surface area contributed by atoms with E-state index in [-0.39, 0.29) is 17.6 Å². The summed E-state index contributed by atoms with van der Waals surface area (Å²) < 4.78 is 12.4. The summed E-state index contributed by atoms with van der Waals surface area (Å²) in [6.07, 6.45) is 1.83. The normalized spacial score (nSPS) is 11.1. The molecule has 4 rings (SSSR count). The second kappa shape index (κ2) is 10.1. The summed E-state index contributed by atoms with van der Waals surface area (Å²) in [7, 11) is 3.13. The third-order valence-electron chi connectivity index (χ3n) is 5.33. The molecule has 1 N–H and O–H groups in total. The van der Waals surface area contributed by atoms with E-state index in [4.69, 9.17) is 9.47 Å². The lowest BCUT2D eigenvalue weighted by atomic mass is 10.1. The van der Waals surface area contributed by atoms with Crippen molar-refractivity contribution in [2.24, 2.45) is 0 Å². The third kappa shape index (κ3) is 4.84. The second-order valence-corrected chi connectivity index (χ2v) is 9.07. The number of hydrogen-bond acceptors (Lipinski definition) is 7. The van der Waals surface area contributed by atoms with Crippen LogP contribution in [0.3, 0.4) is 0 Å². The zero-order valence-corrected chi connectivity index (χ0v) is 20.6. The number of nitrogens with one attached hydrogen (secondary N) is 1. The topological polar surface area (TPSA) is 91.2 Å². The number of thioether (sulfide) groups is 1. The fourth-order valence-electron chi connectivity index (χ4n) is 3.59. The molecule has 4 aromatic rings. The van der Waals surface area contributed by atoms with Crippen LogP contribution in [0, 0.1) is 6.92 Å². The van der Waals surface area contributed by atoms with Crippen LogP contribution in [0.1, 0.15) is 31.0 Å². The van der Waals surface area contributed by atoms with E-state index in [1.54, 1.807) is 32.4 Å². The number of hydrogen-bond donors (Lipinski definition) is 1. The quantitative estimate of drug-likeness (QED) is 0.357. The molecule has 0 spiro atoms. The highest BCUT2D eigenvalue weighted by molar-refractivity contribution is 8.00. The Morgan fingerprint density at radius 1 is 1.06 bits per heavy atom. The van der Waals surface area contributed by atoms with E-state index in [9.17, 15) is 4.79 Å². The molecule has 8 nitrogen and oxygen atoms in total. The lowest BCUT2D eigenvalue weighted by molar-refractivity contribution is -0.113. The largest absolute Gasteiger partial charge is 0.493 e. The smallest absolute Gasteiger partial charge is 0.234 e. The molecule has 0 fully saturated rings. The van der Waals surface area contributed by atoms with Gasteiger partial charge in [0.2, 0.25) is 5.91 Å². The molecule has 176 valence electrons. The second-order valence-electron chi connectivity index (χ2n) is 8.11. The third-order valence-corrected chi connectivity index (χ3v) is 6.28. The van der Waals surface area contributed by atoms with Crippen LogP contribution >= 0.6 is 11.8 Å². The van der Waals surface area contributed by atoms with E-state index in [2.05, 4.69) is 34.5 Å². The number of rotatable bonds is 8. The van der Waals surface area contributed by atoms with Crippen LogP contribution in [-0.4, -0.2) is 45.9 Å². The molecule has 2 heterocycles. The first-order chi connectivity index (χ1) is 16.4. The number of benzene rings is 2. The van der Waals surface area contributed by atoms with Crippen LogP contribution < -0.4 is 14.8 Å². The Bertz CT molecular complexity index is 1320. The highest BCUT2D eigenvalue weighted by atomic mass is 32.2. The van der Waals surface area contributed by atoms with E-state index >= 15 is 0 Å². The number of carbonyl (C=O) groups excluding carboxylic acids is 1. The summed E-state index contributed by atoms with van der Waals surface area (Å²) in [4.78, 5) is 12.7. The Morgan fingerprint density at radius 3 is 2.47 bits per heavy atom. The Hall–Kier alpha value is -3.59.